The lowest BCUT2D eigenvalue weighted by Gasteiger charge is -2.27. The summed E-state index contributed by atoms with van der Waals surface area (Å²) in [6.45, 7) is 6.35. The second kappa shape index (κ2) is 12.3. The summed E-state index contributed by atoms with van der Waals surface area (Å²) in [6.07, 6.45) is 10.1. The second-order valence-corrected chi connectivity index (χ2v) is 8.48. The van der Waals surface area contributed by atoms with Crippen LogP contribution in [-0.4, -0.2) is 50.2 Å². The molecule has 0 amide bonds. The summed E-state index contributed by atoms with van der Waals surface area (Å²) in [7, 11) is 0. The summed E-state index contributed by atoms with van der Waals surface area (Å²) >= 11 is 0. The van der Waals surface area contributed by atoms with Gasteiger partial charge in [0, 0.05) is 32.6 Å². The molecule has 1 N–H and O–H groups in total. The molecule has 0 spiro atoms. The Morgan fingerprint density at radius 3 is 2.42 bits per heavy atom. The number of piperazine rings is 1. The van der Waals surface area contributed by atoms with Crippen LogP contribution in [0.25, 0.3) is 5.57 Å². The Kier molecular flexibility index (Phi) is 9.47. The molecule has 0 saturated carbocycles. The van der Waals surface area contributed by atoms with Crippen molar-refractivity contribution in [1.82, 2.24) is 10.2 Å². The topological polar surface area (TPSA) is 24.5 Å². The summed E-state index contributed by atoms with van der Waals surface area (Å²) in [5, 5.41) is 3.38. The third-order valence-electron chi connectivity index (χ3n) is 5.96. The fraction of sp³-hybridized carbons (Fsp3) is 0.600. The first-order valence-electron chi connectivity index (χ1n) is 11.7. The molecule has 6 heteroatoms. The zero-order valence-corrected chi connectivity index (χ0v) is 18.4. The lowest BCUT2D eigenvalue weighted by molar-refractivity contribution is 0.0673. The molecule has 0 aromatic heterocycles. The molecule has 31 heavy (non-hydrogen) atoms. The predicted molar refractivity (Wildman–Crippen MR) is 120 cm³/mol. The van der Waals surface area contributed by atoms with Crippen molar-refractivity contribution in [2.24, 2.45) is 0 Å². The van der Waals surface area contributed by atoms with Crippen molar-refractivity contribution in [2.45, 2.75) is 57.3 Å². The van der Waals surface area contributed by atoms with E-state index < -0.39 is 23.7 Å². The molecule has 1 aromatic rings. The molecule has 1 heterocycles. The number of benzene rings is 1. The number of hydrogen-bond acceptors (Lipinski definition) is 3. The number of nitrogens with one attached hydrogen (secondary N) is 1. The third-order valence-corrected chi connectivity index (χ3v) is 5.96. The predicted octanol–water partition coefficient (Wildman–Crippen LogP) is 5.98. The summed E-state index contributed by atoms with van der Waals surface area (Å²) in [5.41, 5.74) is -0.359. The van der Waals surface area contributed by atoms with E-state index in [4.69, 9.17) is 4.74 Å². The molecule has 172 valence electrons. The van der Waals surface area contributed by atoms with E-state index in [1.165, 1.54) is 69.9 Å². The van der Waals surface area contributed by atoms with Crippen LogP contribution in [0.15, 0.2) is 42.2 Å². The molecule has 1 aliphatic heterocycles. The minimum atomic E-state index is -3.19. The second-order valence-electron chi connectivity index (χ2n) is 8.48. The Morgan fingerprint density at radius 2 is 1.68 bits per heavy atom. The molecule has 1 aliphatic carbocycles. The Hall–Kier alpha value is -1.79. The van der Waals surface area contributed by atoms with Crippen molar-refractivity contribution in [3.63, 3.8) is 0 Å². The molecule has 3 nitrogen and oxygen atoms in total. The molecule has 0 unspecified atom stereocenters. The highest BCUT2D eigenvalue weighted by atomic mass is 19.3. The Morgan fingerprint density at radius 1 is 0.968 bits per heavy atom. The van der Waals surface area contributed by atoms with Gasteiger partial charge in [-0.05, 0) is 43.2 Å². The SMILES string of the molecule is FC1=C(c2cccc(OCCCCCCCCCN3CCNCC3)c2)C(F)(F)CC=C1. The number of allylic oxidation sites excluding steroid dienone is 4. The van der Waals surface area contributed by atoms with Gasteiger partial charge in [-0.25, -0.2) is 13.2 Å². The lowest BCUT2D eigenvalue weighted by Crippen LogP contribution is -2.43. The summed E-state index contributed by atoms with van der Waals surface area (Å²) in [6, 6.07) is 6.40. The van der Waals surface area contributed by atoms with Crippen molar-refractivity contribution < 1.29 is 17.9 Å². The number of nitrogens with zero attached hydrogens (tertiary/aromatic N) is 1. The van der Waals surface area contributed by atoms with Gasteiger partial charge in [0.15, 0.2) is 0 Å². The number of rotatable bonds is 12. The third kappa shape index (κ3) is 7.69. The standard InChI is InChI=1S/C25H35F3N2O/c26-23-12-9-13-25(27,28)24(23)21-10-8-11-22(20-21)31-19-7-5-3-1-2-4-6-16-30-17-14-29-15-18-30/h8-12,20,29H,1-7,13-19H2. The lowest BCUT2D eigenvalue weighted by atomic mass is 9.93. The number of unbranched alkanes of at least 4 members (excludes halogenated alkanes) is 6. The quantitative estimate of drug-likeness (QED) is 0.408. The fourth-order valence-corrected chi connectivity index (χ4v) is 4.21. The molecule has 0 atom stereocenters. The van der Waals surface area contributed by atoms with Crippen LogP contribution >= 0.6 is 0 Å². The van der Waals surface area contributed by atoms with Gasteiger partial charge in [-0.1, -0.05) is 50.3 Å². The van der Waals surface area contributed by atoms with Crippen molar-refractivity contribution in [1.29, 1.82) is 0 Å². The van der Waals surface area contributed by atoms with E-state index in [1.807, 2.05) is 0 Å². The molecule has 1 saturated heterocycles. The number of hydrogen-bond donors (Lipinski definition) is 1. The molecular weight excluding hydrogens is 401 g/mol. The molecule has 1 aromatic carbocycles. The van der Waals surface area contributed by atoms with Gasteiger partial charge in [-0.3, -0.25) is 0 Å². The van der Waals surface area contributed by atoms with E-state index in [0.29, 0.717) is 12.4 Å². The normalized spacial score (nSPS) is 19.1. The van der Waals surface area contributed by atoms with Gasteiger partial charge < -0.3 is 15.0 Å². The van der Waals surface area contributed by atoms with E-state index >= 15 is 0 Å². The molecule has 3 rings (SSSR count). The summed E-state index contributed by atoms with van der Waals surface area (Å²) in [4.78, 5) is 2.54. The van der Waals surface area contributed by atoms with Gasteiger partial charge in [0.2, 0.25) is 0 Å². The number of halogens is 3. The van der Waals surface area contributed by atoms with Gasteiger partial charge in [0.25, 0.3) is 5.92 Å². The van der Waals surface area contributed by atoms with Crippen molar-refractivity contribution >= 4 is 5.57 Å². The van der Waals surface area contributed by atoms with Gasteiger partial charge in [-0.15, -0.1) is 0 Å². The monoisotopic (exact) mass is 436 g/mol. The van der Waals surface area contributed by atoms with E-state index in [-0.39, 0.29) is 5.56 Å². The van der Waals surface area contributed by atoms with E-state index in [9.17, 15) is 13.2 Å². The van der Waals surface area contributed by atoms with Gasteiger partial charge in [-0.2, -0.15) is 0 Å². The average molecular weight is 437 g/mol. The van der Waals surface area contributed by atoms with Crippen molar-refractivity contribution in [3.8, 4) is 5.75 Å². The summed E-state index contributed by atoms with van der Waals surface area (Å²) < 4.78 is 48.0. The molecule has 0 radical (unpaired) electrons. The molecule has 2 aliphatic rings. The fourth-order valence-electron chi connectivity index (χ4n) is 4.21. The zero-order chi connectivity index (χ0) is 21.9. The molecule has 0 bridgehead atoms. The van der Waals surface area contributed by atoms with Crippen LogP contribution in [0, 0.1) is 0 Å². The Balaban J connectivity index is 1.28. The number of alkyl halides is 2. The van der Waals surface area contributed by atoms with Crippen LogP contribution in [0.1, 0.15) is 56.9 Å². The highest BCUT2D eigenvalue weighted by Gasteiger charge is 2.38. The van der Waals surface area contributed by atoms with Crippen LogP contribution < -0.4 is 10.1 Å². The average Bonchev–Trinajstić information content (AvgIpc) is 2.75. The summed E-state index contributed by atoms with van der Waals surface area (Å²) in [5.74, 6) is -3.56. The van der Waals surface area contributed by atoms with Crippen LogP contribution in [0.3, 0.4) is 0 Å². The van der Waals surface area contributed by atoms with E-state index in [2.05, 4.69) is 10.2 Å². The maximum atomic E-state index is 14.1. The Bertz CT molecular complexity index is 742. The maximum absolute atomic E-state index is 14.1. The van der Waals surface area contributed by atoms with Crippen LogP contribution in [-0.2, 0) is 0 Å². The van der Waals surface area contributed by atoms with E-state index in [1.54, 1.807) is 12.1 Å². The van der Waals surface area contributed by atoms with Gasteiger partial charge >= 0.3 is 0 Å². The smallest absolute Gasteiger partial charge is 0.280 e. The van der Waals surface area contributed by atoms with Gasteiger partial charge in [0.05, 0.1) is 12.2 Å². The van der Waals surface area contributed by atoms with Crippen LogP contribution in [0.5, 0.6) is 5.75 Å². The number of ether oxygens (including phenoxy) is 1. The van der Waals surface area contributed by atoms with Crippen LogP contribution in [0.2, 0.25) is 0 Å². The molecule has 1 fully saturated rings. The maximum Gasteiger partial charge on any atom is 0.280 e. The first-order chi connectivity index (χ1) is 15.1. The van der Waals surface area contributed by atoms with Crippen LogP contribution in [0.4, 0.5) is 13.2 Å². The first-order valence-corrected chi connectivity index (χ1v) is 11.7. The molecular formula is C25H35F3N2O. The zero-order valence-electron chi connectivity index (χ0n) is 18.4. The van der Waals surface area contributed by atoms with Crippen molar-refractivity contribution in [2.75, 3.05) is 39.3 Å². The highest BCUT2D eigenvalue weighted by molar-refractivity contribution is 5.76. The Labute approximate surface area is 184 Å². The van der Waals surface area contributed by atoms with Crippen molar-refractivity contribution in [3.05, 3.63) is 47.8 Å². The highest BCUT2D eigenvalue weighted by Crippen LogP contribution is 2.42. The first kappa shape index (κ1) is 23.9. The minimum absolute atomic E-state index is 0.185. The largest absolute Gasteiger partial charge is 0.494 e. The van der Waals surface area contributed by atoms with E-state index in [0.717, 1.165) is 32.0 Å². The van der Waals surface area contributed by atoms with Gasteiger partial charge in [0.1, 0.15) is 11.6 Å². The minimum Gasteiger partial charge on any atom is -0.494 e.